The molecule has 17 heavy (non-hydrogen) atoms. The molecular formula is C14H21NO2. The van der Waals surface area contributed by atoms with Crippen molar-refractivity contribution in [2.45, 2.75) is 32.4 Å². The Bertz CT molecular complexity index is 363. The number of fused-ring (bicyclic) bond motifs is 1. The van der Waals surface area contributed by atoms with Crippen LogP contribution in [0.3, 0.4) is 0 Å². The van der Waals surface area contributed by atoms with E-state index in [9.17, 15) is 5.11 Å². The van der Waals surface area contributed by atoms with E-state index in [1.807, 2.05) is 24.3 Å². The second-order valence-corrected chi connectivity index (χ2v) is 4.48. The number of benzene rings is 1. The smallest absolute Gasteiger partial charge is 0.125 e. The normalized spacial score (nSPS) is 24.0. The topological polar surface area (TPSA) is 32.7 Å². The van der Waals surface area contributed by atoms with Crippen molar-refractivity contribution in [2.75, 3.05) is 19.7 Å². The minimum atomic E-state index is -0.417. The van der Waals surface area contributed by atoms with Crippen LogP contribution in [0.15, 0.2) is 24.3 Å². The molecule has 3 heteroatoms. The quantitative estimate of drug-likeness (QED) is 0.872. The number of ether oxygens (including phenoxy) is 1. The average molecular weight is 235 g/mol. The Balaban J connectivity index is 2.17. The lowest BCUT2D eigenvalue weighted by Gasteiger charge is -2.28. The predicted octanol–water partition coefficient (Wildman–Crippen LogP) is 2.21. The third kappa shape index (κ3) is 2.61. The highest BCUT2D eigenvalue weighted by molar-refractivity contribution is 5.36. The summed E-state index contributed by atoms with van der Waals surface area (Å²) in [6, 6.07) is 8.08. The van der Waals surface area contributed by atoms with Crippen LogP contribution in [0.25, 0.3) is 0 Å². The number of rotatable bonds is 3. The van der Waals surface area contributed by atoms with Crippen LogP contribution in [0.5, 0.6) is 5.75 Å². The van der Waals surface area contributed by atoms with Crippen LogP contribution in [-0.2, 0) is 0 Å². The van der Waals surface area contributed by atoms with E-state index in [1.54, 1.807) is 0 Å². The van der Waals surface area contributed by atoms with Crippen LogP contribution in [0.1, 0.15) is 31.9 Å². The number of hydrogen-bond donors (Lipinski definition) is 1. The molecule has 94 valence electrons. The maximum Gasteiger partial charge on any atom is 0.125 e. The highest BCUT2D eigenvalue weighted by atomic mass is 16.5. The zero-order valence-corrected chi connectivity index (χ0v) is 10.6. The third-order valence-corrected chi connectivity index (χ3v) is 3.53. The molecule has 0 saturated heterocycles. The van der Waals surface area contributed by atoms with Crippen LogP contribution in [0.4, 0.5) is 0 Å². The van der Waals surface area contributed by atoms with Crippen LogP contribution in [-0.4, -0.2) is 35.7 Å². The van der Waals surface area contributed by atoms with Gasteiger partial charge in [0.25, 0.3) is 0 Å². The average Bonchev–Trinajstić information content (AvgIpc) is 2.52. The van der Waals surface area contributed by atoms with Crippen molar-refractivity contribution in [3.8, 4) is 5.75 Å². The Hall–Kier alpha value is -1.06. The monoisotopic (exact) mass is 235 g/mol. The zero-order valence-electron chi connectivity index (χ0n) is 10.6. The number of aliphatic hydroxyl groups is 1. The number of nitrogens with zero attached hydrogens (tertiary/aromatic N) is 1. The number of para-hydroxylation sites is 1. The lowest BCUT2D eigenvalue weighted by Crippen LogP contribution is -2.39. The van der Waals surface area contributed by atoms with Gasteiger partial charge in [-0.1, -0.05) is 32.0 Å². The van der Waals surface area contributed by atoms with Crippen molar-refractivity contribution in [1.82, 2.24) is 4.90 Å². The van der Waals surface area contributed by atoms with Crippen molar-refractivity contribution >= 4 is 0 Å². The summed E-state index contributed by atoms with van der Waals surface area (Å²) < 4.78 is 5.81. The van der Waals surface area contributed by atoms with Crippen LogP contribution >= 0.6 is 0 Å². The summed E-state index contributed by atoms with van der Waals surface area (Å²) in [6.07, 6.45) is 0.331. The second kappa shape index (κ2) is 5.52. The molecule has 2 rings (SSSR count). The molecule has 2 atom stereocenters. The predicted molar refractivity (Wildman–Crippen MR) is 68.2 cm³/mol. The van der Waals surface area contributed by atoms with Crippen molar-refractivity contribution in [1.29, 1.82) is 0 Å². The maximum absolute atomic E-state index is 10.2. The van der Waals surface area contributed by atoms with Gasteiger partial charge >= 0.3 is 0 Å². The van der Waals surface area contributed by atoms with Crippen LogP contribution in [0.2, 0.25) is 0 Å². The molecule has 0 spiro atoms. The fourth-order valence-corrected chi connectivity index (χ4v) is 2.52. The van der Waals surface area contributed by atoms with Gasteiger partial charge in [-0.2, -0.15) is 0 Å². The molecule has 0 unspecified atom stereocenters. The van der Waals surface area contributed by atoms with Gasteiger partial charge in [-0.05, 0) is 25.6 Å². The first-order chi connectivity index (χ1) is 8.26. The Morgan fingerprint density at radius 2 is 2.00 bits per heavy atom. The highest BCUT2D eigenvalue weighted by Crippen LogP contribution is 2.32. The molecule has 0 bridgehead atoms. The van der Waals surface area contributed by atoms with Gasteiger partial charge in [0.05, 0.1) is 6.10 Å². The van der Waals surface area contributed by atoms with Crippen LogP contribution < -0.4 is 4.74 Å². The molecule has 0 radical (unpaired) electrons. The molecule has 0 amide bonds. The van der Waals surface area contributed by atoms with E-state index < -0.39 is 6.10 Å². The molecule has 1 heterocycles. The molecule has 0 aliphatic carbocycles. The Morgan fingerprint density at radius 1 is 1.29 bits per heavy atom. The standard InChI is InChI=1S/C14H21NO2/c1-3-15(4-2)11-9-13(16)12-7-5-6-8-14(12)17-10-11/h5-8,11,13,16H,3-4,9-10H2,1-2H3/t11-,13-/m0/s1. The minimum Gasteiger partial charge on any atom is -0.492 e. The van der Waals surface area contributed by atoms with E-state index in [0.717, 1.165) is 30.8 Å². The number of likely N-dealkylation sites (N-methyl/N-ethyl adjacent to an activating group) is 1. The van der Waals surface area contributed by atoms with E-state index in [1.165, 1.54) is 0 Å². The van der Waals surface area contributed by atoms with E-state index in [4.69, 9.17) is 4.74 Å². The molecule has 1 aliphatic heterocycles. The fraction of sp³-hybridized carbons (Fsp3) is 0.571. The Labute approximate surface area is 103 Å². The summed E-state index contributed by atoms with van der Waals surface area (Å²) in [5, 5.41) is 10.2. The summed E-state index contributed by atoms with van der Waals surface area (Å²) in [5.74, 6) is 0.828. The van der Waals surface area contributed by atoms with Gasteiger partial charge in [-0.25, -0.2) is 0 Å². The molecule has 0 fully saturated rings. The van der Waals surface area contributed by atoms with Gasteiger partial charge in [0.2, 0.25) is 0 Å². The highest BCUT2D eigenvalue weighted by Gasteiger charge is 2.26. The first-order valence-corrected chi connectivity index (χ1v) is 6.40. The number of hydrogen-bond acceptors (Lipinski definition) is 3. The van der Waals surface area contributed by atoms with E-state index in [-0.39, 0.29) is 0 Å². The molecular weight excluding hydrogens is 214 g/mol. The van der Waals surface area contributed by atoms with E-state index >= 15 is 0 Å². The van der Waals surface area contributed by atoms with Gasteiger partial charge in [0.1, 0.15) is 12.4 Å². The second-order valence-electron chi connectivity index (χ2n) is 4.48. The first kappa shape index (κ1) is 12.4. The van der Waals surface area contributed by atoms with Gasteiger partial charge in [-0.15, -0.1) is 0 Å². The SMILES string of the molecule is CCN(CC)[C@@H]1COc2ccccc2[C@@H](O)C1. The van der Waals surface area contributed by atoms with Crippen molar-refractivity contribution in [3.05, 3.63) is 29.8 Å². The summed E-state index contributed by atoms with van der Waals surface area (Å²) in [6.45, 7) is 6.94. The lowest BCUT2D eigenvalue weighted by molar-refractivity contribution is 0.0946. The Morgan fingerprint density at radius 3 is 2.71 bits per heavy atom. The summed E-state index contributed by atoms with van der Waals surface area (Å²) in [4.78, 5) is 2.34. The van der Waals surface area contributed by atoms with Crippen molar-refractivity contribution in [2.24, 2.45) is 0 Å². The van der Waals surface area contributed by atoms with Gasteiger partial charge in [0, 0.05) is 11.6 Å². The molecule has 1 aromatic carbocycles. The van der Waals surface area contributed by atoms with Crippen molar-refractivity contribution < 1.29 is 9.84 Å². The minimum absolute atomic E-state index is 0.299. The molecule has 0 aromatic heterocycles. The maximum atomic E-state index is 10.2. The summed E-state index contributed by atoms with van der Waals surface area (Å²) in [7, 11) is 0. The lowest BCUT2D eigenvalue weighted by atomic mass is 10.0. The fourth-order valence-electron chi connectivity index (χ4n) is 2.52. The molecule has 1 aromatic rings. The zero-order chi connectivity index (χ0) is 12.3. The number of aliphatic hydroxyl groups excluding tert-OH is 1. The van der Waals surface area contributed by atoms with Crippen LogP contribution in [0, 0.1) is 0 Å². The van der Waals surface area contributed by atoms with E-state index in [0.29, 0.717) is 12.6 Å². The van der Waals surface area contributed by atoms with Crippen molar-refractivity contribution in [3.63, 3.8) is 0 Å². The largest absolute Gasteiger partial charge is 0.492 e. The molecule has 3 nitrogen and oxygen atoms in total. The molecule has 1 aliphatic rings. The third-order valence-electron chi connectivity index (χ3n) is 3.53. The van der Waals surface area contributed by atoms with Gasteiger partial charge < -0.3 is 9.84 Å². The molecule has 1 N–H and O–H groups in total. The summed E-state index contributed by atoms with van der Waals surface area (Å²) in [5.41, 5.74) is 0.919. The molecule has 0 saturated carbocycles. The first-order valence-electron chi connectivity index (χ1n) is 6.40. The van der Waals surface area contributed by atoms with E-state index in [2.05, 4.69) is 18.7 Å². The summed E-state index contributed by atoms with van der Waals surface area (Å²) >= 11 is 0. The Kier molecular flexibility index (Phi) is 4.02. The van der Waals surface area contributed by atoms with Gasteiger partial charge in [0.15, 0.2) is 0 Å². The van der Waals surface area contributed by atoms with Gasteiger partial charge in [-0.3, -0.25) is 4.90 Å².